The molecule has 11 heteroatoms. The maximum absolute atomic E-state index is 13.7. The van der Waals surface area contributed by atoms with Gasteiger partial charge in [-0.1, -0.05) is 12.1 Å². The van der Waals surface area contributed by atoms with Crippen LogP contribution in [0.25, 0.3) is 28.0 Å². The number of fused-ring (bicyclic) bond motifs is 6. The number of benzene rings is 3. The second-order valence-corrected chi connectivity index (χ2v) is 9.30. The number of rotatable bonds is 5. The molecule has 41 heavy (non-hydrogen) atoms. The molecule has 0 amide bonds. The second kappa shape index (κ2) is 9.33. The van der Waals surface area contributed by atoms with Crippen LogP contribution in [-0.2, 0) is 0 Å². The molecule has 7 rings (SSSR count). The van der Waals surface area contributed by atoms with Gasteiger partial charge in [0.25, 0.3) is 0 Å². The molecule has 3 aromatic heterocycles. The summed E-state index contributed by atoms with van der Waals surface area (Å²) in [5.41, 5.74) is 2.16. The van der Waals surface area contributed by atoms with Crippen LogP contribution in [0.2, 0.25) is 0 Å². The average molecular weight is 553 g/mol. The molecule has 1 atom stereocenters. The lowest BCUT2D eigenvalue weighted by Crippen LogP contribution is -2.22. The lowest BCUT2D eigenvalue weighted by molar-refractivity contribution is 0.323. The predicted molar refractivity (Wildman–Crippen MR) is 146 cm³/mol. The first-order chi connectivity index (χ1) is 20.0. The summed E-state index contributed by atoms with van der Waals surface area (Å²) in [4.78, 5) is 23.0. The summed E-state index contributed by atoms with van der Waals surface area (Å²) < 4.78 is 44.0. The Morgan fingerprint density at radius 2 is 1.66 bits per heavy atom. The van der Waals surface area contributed by atoms with Gasteiger partial charge in [0.2, 0.25) is 11.6 Å². The van der Waals surface area contributed by atoms with Crippen molar-refractivity contribution in [3.8, 4) is 40.3 Å². The molecule has 1 aliphatic heterocycles. The Bertz CT molecular complexity index is 2010. The Hall–Kier alpha value is -5.45. The van der Waals surface area contributed by atoms with Crippen molar-refractivity contribution in [2.24, 2.45) is 0 Å². The lowest BCUT2D eigenvalue weighted by atomic mass is 9.83. The maximum Gasteiger partial charge on any atom is 0.344 e. The van der Waals surface area contributed by atoms with Crippen molar-refractivity contribution in [2.75, 3.05) is 21.3 Å². The first-order valence-corrected chi connectivity index (χ1v) is 12.6. The molecule has 0 spiro atoms. The van der Waals surface area contributed by atoms with Crippen molar-refractivity contribution in [1.82, 2.24) is 19.6 Å². The van der Waals surface area contributed by atoms with Crippen LogP contribution in [0.4, 0.5) is 4.39 Å². The summed E-state index contributed by atoms with van der Waals surface area (Å²) in [6.45, 7) is 0. The Balaban J connectivity index is 1.56. The normalized spacial score (nSPS) is 13.9. The van der Waals surface area contributed by atoms with Crippen molar-refractivity contribution < 1.29 is 27.8 Å². The number of ether oxygens (including phenoxy) is 4. The average Bonchev–Trinajstić information content (AvgIpc) is 3.44. The molecule has 0 saturated carbocycles. The van der Waals surface area contributed by atoms with E-state index in [0.29, 0.717) is 62.1 Å². The zero-order valence-corrected chi connectivity index (χ0v) is 22.0. The van der Waals surface area contributed by atoms with Crippen LogP contribution in [0.15, 0.2) is 76.2 Å². The second-order valence-electron chi connectivity index (χ2n) is 9.30. The van der Waals surface area contributed by atoms with Crippen molar-refractivity contribution in [1.29, 1.82) is 0 Å². The fourth-order valence-electron chi connectivity index (χ4n) is 5.25. The Kier molecular flexibility index (Phi) is 5.60. The summed E-state index contributed by atoms with van der Waals surface area (Å²) in [6.07, 6.45) is 1.49. The Morgan fingerprint density at radius 3 is 2.37 bits per heavy atom. The molecule has 0 N–H and O–H groups in total. The van der Waals surface area contributed by atoms with E-state index < -0.39 is 11.5 Å². The highest BCUT2D eigenvalue weighted by Gasteiger charge is 2.38. The summed E-state index contributed by atoms with van der Waals surface area (Å²) in [5.74, 6) is 0.975. The number of methoxy groups -OCH3 is 3. The summed E-state index contributed by atoms with van der Waals surface area (Å²) in [7, 11) is 4.55. The fourth-order valence-corrected chi connectivity index (χ4v) is 5.25. The predicted octanol–water partition coefficient (Wildman–Crippen LogP) is 5.35. The molecule has 10 nitrogen and oxygen atoms in total. The minimum absolute atomic E-state index is 0.248. The van der Waals surface area contributed by atoms with E-state index in [-0.39, 0.29) is 17.3 Å². The molecule has 1 unspecified atom stereocenters. The number of aromatic nitrogens is 4. The highest BCUT2D eigenvalue weighted by molar-refractivity contribution is 5.87. The summed E-state index contributed by atoms with van der Waals surface area (Å²) >= 11 is 0. The molecule has 0 aliphatic carbocycles. The van der Waals surface area contributed by atoms with Crippen LogP contribution in [-0.4, -0.2) is 40.9 Å². The number of para-hydroxylation sites is 1. The molecule has 0 saturated heterocycles. The lowest BCUT2D eigenvalue weighted by Gasteiger charge is -2.28. The Labute approximate surface area is 231 Å². The molecular formula is C30H21FN4O6. The minimum Gasteiger partial charge on any atom is -0.493 e. The van der Waals surface area contributed by atoms with Crippen LogP contribution in [0.1, 0.15) is 22.6 Å². The van der Waals surface area contributed by atoms with Gasteiger partial charge in [-0.15, -0.1) is 5.10 Å². The van der Waals surface area contributed by atoms with E-state index in [9.17, 15) is 9.18 Å². The Morgan fingerprint density at radius 1 is 0.927 bits per heavy atom. The van der Waals surface area contributed by atoms with E-state index in [2.05, 4.69) is 10.1 Å². The first-order valence-electron chi connectivity index (χ1n) is 12.6. The van der Waals surface area contributed by atoms with E-state index in [1.165, 1.54) is 44.3 Å². The van der Waals surface area contributed by atoms with E-state index >= 15 is 0 Å². The van der Waals surface area contributed by atoms with Gasteiger partial charge in [-0.25, -0.2) is 23.7 Å². The van der Waals surface area contributed by atoms with Gasteiger partial charge in [0.1, 0.15) is 17.7 Å². The van der Waals surface area contributed by atoms with Crippen LogP contribution >= 0.6 is 0 Å². The SMILES string of the molecule is COc1cc(C2c3c(c4ccccc4oc3=O)Oc3ncn4nc(-c5ccc(F)cc5)nc4c32)cc(OC)c1OC. The summed E-state index contributed by atoms with van der Waals surface area (Å²) in [6, 6.07) is 16.5. The van der Waals surface area contributed by atoms with E-state index in [4.69, 9.17) is 28.3 Å². The van der Waals surface area contributed by atoms with E-state index in [1.54, 1.807) is 36.4 Å². The molecule has 0 radical (unpaired) electrons. The first kappa shape index (κ1) is 24.6. The highest BCUT2D eigenvalue weighted by atomic mass is 19.1. The van der Waals surface area contributed by atoms with Gasteiger partial charge in [-0.2, -0.15) is 0 Å². The zero-order valence-electron chi connectivity index (χ0n) is 22.0. The van der Waals surface area contributed by atoms with Crippen molar-refractivity contribution >= 4 is 16.6 Å². The topological polar surface area (TPSA) is 110 Å². The number of hydrogen-bond acceptors (Lipinski definition) is 9. The highest BCUT2D eigenvalue weighted by Crippen LogP contribution is 2.51. The van der Waals surface area contributed by atoms with Crippen molar-refractivity contribution in [2.45, 2.75) is 5.92 Å². The van der Waals surface area contributed by atoms with Crippen LogP contribution in [0.3, 0.4) is 0 Å². The van der Waals surface area contributed by atoms with Crippen LogP contribution < -0.4 is 24.6 Å². The van der Waals surface area contributed by atoms with Gasteiger partial charge in [-0.3, -0.25) is 0 Å². The zero-order chi connectivity index (χ0) is 28.2. The number of hydrogen-bond donors (Lipinski definition) is 0. The monoisotopic (exact) mass is 552 g/mol. The molecule has 3 aromatic carbocycles. The quantitative estimate of drug-likeness (QED) is 0.261. The van der Waals surface area contributed by atoms with Gasteiger partial charge >= 0.3 is 5.63 Å². The van der Waals surface area contributed by atoms with Gasteiger partial charge in [0.15, 0.2) is 28.7 Å². The third-order valence-electron chi connectivity index (χ3n) is 7.08. The largest absolute Gasteiger partial charge is 0.493 e. The van der Waals surface area contributed by atoms with Gasteiger partial charge in [0, 0.05) is 5.56 Å². The molecular weight excluding hydrogens is 531 g/mol. The van der Waals surface area contributed by atoms with E-state index in [0.717, 1.165) is 0 Å². The third kappa shape index (κ3) is 3.77. The standard InChI is InChI=1S/C30H21FN4O6/c1-37-20-12-16(13-21(38-2)26(20)39-3)22-23-25(18-6-4-5-7-19(18)40-30(23)36)41-29-24(22)28-33-27(34-35(28)14-32-29)15-8-10-17(31)11-9-15/h4-14,22H,1-3H3. The number of halogens is 1. The van der Waals surface area contributed by atoms with Gasteiger partial charge in [-0.05, 0) is 54.1 Å². The molecule has 1 aliphatic rings. The van der Waals surface area contributed by atoms with Crippen LogP contribution in [0.5, 0.6) is 28.9 Å². The van der Waals surface area contributed by atoms with Crippen molar-refractivity contribution in [3.63, 3.8) is 0 Å². The molecule has 6 aromatic rings. The molecule has 0 bridgehead atoms. The molecule has 4 heterocycles. The van der Waals surface area contributed by atoms with Crippen LogP contribution in [0, 0.1) is 5.82 Å². The molecule has 204 valence electrons. The fraction of sp³-hybridized carbons (Fsp3) is 0.133. The van der Waals surface area contributed by atoms with Gasteiger partial charge in [0.05, 0.1) is 43.8 Å². The smallest absolute Gasteiger partial charge is 0.344 e. The van der Waals surface area contributed by atoms with Crippen molar-refractivity contribution in [3.05, 3.63) is 99.9 Å². The van der Waals surface area contributed by atoms with Gasteiger partial charge < -0.3 is 23.4 Å². The third-order valence-corrected chi connectivity index (χ3v) is 7.08. The minimum atomic E-state index is -0.773. The molecule has 0 fully saturated rings. The van der Waals surface area contributed by atoms with E-state index in [1.807, 2.05) is 12.1 Å². The maximum atomic E-state index is 13.7. The summed E-state index contributed by atoms with van der Waals surface area (Å²) in [5, 5.41) is 5.18. The number of nitrogens with zero attached hydrogens (tertiary/aromatic N) is 4.